The largest absolute Gasteiger partial charge is 0.470 e. The van der Waals surface area contributed by atoms with Crippen LogP contribution in [0.15, 0.2) is 55.0 Å². The van der Waals surface area contributed by atoms with Crippen molar-refractivity contribution in [3.05, 3.63) is 82.3 Å². The van der Waals surface area contributed by atoms with Gasteiger partial charge in [-0.15, -0.1) is 0 Å². The van der Waals surface area contributed by atoms with E-state index >= 15 is 0 Å². The summed E-state index contributed by atoms with van der Waals surface area (Å²) in [5, 5.41) is 0.0752. The van der Waals surface area contributed by atoms with E-state index in [1.54, 1.807) is 17.0 Å². The van der Waals surface area contributed by atoms with Gasteiger partial charge in [-0.3, -0.25) is 9.78 Å². The fraction of sp³-hybridized carbons (Fsp3) is 0.217. The monoisotopic (exact) mass is 473 g/mol. The van der Waals surface area contributed by atoms with Gasteiger partial charge >= 0.3 is 5.97 Å². The van der Waals surface area contributed by atoms with Crippen molar-refractivity contribution in [1.82, 2.24) is 14.9 Å². The molecule has 0 N–H and O–H groups in total. The Morgan fingerprint density at radius 2 is 1.97 bits per heavy atom. The molecule has 1 aromatic carbocycles. The Hall–Kier alpha value is -3.59. The normalized spacial score (nSPS) is 13.1. The molecule has 2 aromatic heterocycles. The van der Waals surface area contributed by atoms with Crippen LogP contribution in [0.1, 0.15) is 38.8 Å². The van der Waals surface area contributed by atoms with Crippen molar-refractivity contribution in [2.24, 2.45) is 0 Å². The van der Waals surface area contributed by atoms with Crippen molar-refractivity contribution in [2.75, 3.05) is 6.61 Å². The van der Waals surface area contributed by atoms with E-state index < -0.39 is 18.5 Å². The Morgan fingerprint density at radius 3 is 2.67 bits per heavy atom. The summed E-state index contributed by atoms with van der Waals surface area (Å²) in [4.78, 5) is 34.6. The summed E-state index contributed by atoms with van der Waals surface area (Å²) in [6.45, 7) is 0.450. The quantitative estimate of drug-likeness (QED) is 0.370. The number of ether oxygens (including phenoxy) is 2. The first-order valence-corrected chi connectivity index (χ1v) is 10.3. The molecular formula is C23H18ClF2N3O4. The van der Waals surface area contributed by atoms with Gasteiger partial charge in [0.1, 0.15) is 10.8 Å². The third-order valence-corrected chi connectivity index (χ3v) is 5.06. The number of benzene rings is 1. The first kappa shape index (κ1) is 22.6. The van der Waals surface area contributed by atoms with Crippen LogP contribution in [-0.4, -0.2) is 39.3 Å². The van der Waals surface area contributed by atoms with Crippen molar-refractivity contribution in [2.45, 2.75) is 25.9 Å². The van der Waals surface area contributed by atoms with Crippen LogP contribution in [0.5, 0.6) is 11.6 Å². The number of aromatic nitrogens is 2. The standard InChI is InChI=1S/C23H18ClF2N3O4/c1-23(25,26)13-32-20-19(24)8-14(10-28-20)11-29-12-16-2-3-17(9-18(16)21(29)30)33-22(31)15-4-6-27-7-5-15/h2-10H,11-13H2,1H3. The predicted octanol–water partition coefficient (Wildman–Crippen LogP) is 4.54. The van der Waals surface area contributed by atoms with Gasteiger partial charge in [0, 0.05) is 44.2 Å². The summed E-state index contributed by atoms with van der Waals surface area (Å²) in [5.41, 5.74) is 2.17. The van der Waals surface area contributed by atoms with Crippen LogP contribution in [0, 0.1) is 0 Å². The fourth-order valence-corrected chi connectivity index (χ4v) is 3.50. The Bertz CT molecular complexity index is 1200. The van der Waals surface area contributed by atoms with Gasteiger partial charge in [0.15, 0.2) is 6.61 Å². The second-order valence-corrected chi connectivity index (χ2v) is 8.00. The summed E-state index contributed by atoms with van der Waals surface area (Å²) in [6.07, 6.45) is 4.40. The first-order chi connectivity index (χ1) is 15.7. The zero-order chi connectivity index (χ0) is 23.6. The molecule has 3 aromatic rings. The van der Waals surface area contributed by atoms with Gasteiger partial charge in [-0.1, -0.05) is 17.7 Å². The maximum Gasteiger partial charge on any atom is 0.343 e. The van der Waals surface area contributed by atoms with E-state index in [4.69, 9.17) is 21.1 Å². The van der Waals surface area contributed by atoms with Gasteiger partial charge in [-0.25, -0.2) is 18.6 Å². The molecule has 170 valence electrons. The van der Waals surface area contributed by atoms with Crippen molar-refractivity contribution in [3.8, 4) is 11.6 Å². The molecule has 1 aliphatic rings. The number of hydrogen-bond donors (Lipinski definition) is 0. The maximum absolute atomic E-state index is 13.0. The number of alkyl halides is 2. The summed E-state index contributed by atoms with van der Waals surface area (Å²) < 4.78 is 36.3. The van der Waals surface area contributed by atoms with E-state index in [-0.39, 0.29) is 29.1 Å². The highest BCUT2D eigenvalue weighted by Crippen LogP contribution is 2.30. The summed E-state index contributed by atoms with van der Waals surface area (Å²) >= 11 is 6.10. The lowest BCUT2D eigenvalue weighted by Crippen LogP contribution is -2.23. The number of pyridine rings is 2. The van der Waals surface area contributed by atoms with Crippen LogP contribution in [0.4, 0.5) is 8.78 Å². The third-order valence-electron chi connectivity index (χ3n) is 4.79. The number of fused-ring (bicyclic) bond motifs is 1. The average Bonchev–Trinajstić information content (AvgIpc) is 3.08. The molecule has 0 radical (unpaired) electrons. The predicted molar refractivity (Wildman–Crippen MR) is 115 cm³/mol. The van der Waals surface area contributed by atoms with E-state index in [0.717, 1.165) is 12.5 Å². The highest BCUT2D eigenvalue weighted by atomic mass is 35.5. The van der Waals surface area contributed by atoms with Gasteiger partial charge in [0.05, 0.1) is 5.56 Å². The van der Waals surface area contributed by atoms with Gasteiger partial charge in [-0.05, 0) is 41.5 Å². The van der Waals surface area contributed by atoms with E-state index in [2.05, 4.69) is 9.97 Å². The number of halogens is 3. The molecule has 0 atom stereocenters. The maximum atomic E-state index is 13.0. The van der Waals surface area contributed by atoms with E-state index in [9.17, 15) is 18.4 Å². The topological polar surface area (TPSA) is 81.6 Å². The molecule has 0 saturated heterocycles. The Morgan fingerprint density at radius 1 is 1.21 bits per heavy atom. The van der Waals surface area contributed by atoms with Crippen LogP contribution in [0.3, 0.4) is 0 Å². The summed E-state index contributed by atoms with van der Waals surface area (Å²) in [7, 11) is 0. The highest BCUT2D eigenvalue weighted by Gasteiger charge is 2.29. The lowest BCUT2D eigenvalue weighted by Gasteiger charge is -2.16. The second kappa shape index (κ2) is 9.11. The van der Waals surface area contributed by atoms with Gasteiger partial charge in [-0.2, -0.15) is 0 Å². The van der Waals surface area contributed by atoms with Crippen molar-refractivity contribution >= 4 is 23.5 Å². The minimum atomic E-state index is -3.01. The fourth-order valence-electron chi connectivity index (χ4n) is 3.26. The number of amides is 1. The number of rotatable bonds is 7. The molecule has 3 heterocycles. The Labute approximate surface area is 192 Å². The number of carbonyl (C=O) groups is 2. The third kappa shape index (κ3) is 5.43. The van der Waals surface area contributed by atoms with Crippen molar-refractivity contribution < 1.29 is 27.8 Å². The van der Waals surface area contributed by atoms with Crippen LogP contribution in [0.2, 0.25) is 5.02 Å². The number of esters is 1. The van der Waals surface area contributed by atoms with E-state index in [1.165, 1.54) is 42.9 Å². The zero-order valence-corrected chi connectivity index (χ0v) is 18.2. The van der Waals surface area contributed by atoms with E-state index in [1.807, 2.05) is 0 Å². The van der Waals surface area contributed by atoms with Crippen LogP contribution in [-0.2, 0) is 13.1 Å². The van der Waals surface area contributed by atoms with Crippen molar-refractivity contribution in [3.63, 3.8) is 0 Å². The van der Waals surface area contributed by atoms with Crippen LogP contribution >= 0.6 is 11.6 Å². The van der Waals surface area contributed by atoms with Crippen LogP contribution < -0.4 is 9.47 Å². The smallest absolute Gasteiger partial charge is 0.343 e. The molecule has 1 aliphatic heterocycles. The van der Waals surface area contributed by atoms with Crippen molar-refractivity contribution in [1.29, 1.82) is 0 Å². The van der Waals surface area contributed by atoms with Gasteiger partial charge in [0.2, 0.25) is 5.88 Å². The molecule has 0 unspecified atom stereocenters. The Balaban J connectivity index is 1.42. The van der Waals surface area contributed by atoms with Crippen LogP contribution in [0.25, 0.3) is 0 Å². The SMILES string of the molecule is CC(F)(F)COc1ncc(CN2Cc3ccc(OC(=O)c4ccncc4)cc3C2=O)cc1Cl. The number of carbonyl (C=O) groups excluding carboxylic acids is 2. The minimum absolute atomic E-state index is 0.0752. The lowest BCUT2D eigenvalue weighted by molar-refractivity contribution is -0.0242. The molecule has 0 fully saturated rings. The van der Waals surface area contributed by atoms with Gasteiger partial charge < -0.3 is 14.4 Å². The average molecular weight is 474 g/mol. The second-order valence-electron chi connectivity index (χ2n) is 7.60. The molecule has 7 nitrogen and oxygen atoms in total. The zero-order valence-electron chi connectivity index (χ0n) is 17.4. The molecule has 10 heteroatoms. The number of hydrogen-bond acceptors (Lipinski definition) is 6. The lowest BCUT2D eigenvalue weighted by atomic mass is 10.1. The molecule has 4 rings (SSSR count). The van der Waals surface area contributed by atoms with E-state index in [0.29, 0.717) is 23.2 Å². The van der Waals surface area contributed by atoms with Gasteiger partial charge in [0.25, 0.3) is 11.8 Å². The minimum Gasteiger partial charge on any atom is -0.470 e. The molecule has 33 heavy (non-hydrogen) atoms. The molecule has 0 bridgehead atoms. The number of nitrogens with zero attached hydrogens (tertiary/aromatic N) is 3. The summed E-state index contributed by atoms with van der Waals surface area (Å²) in [5.74, 6) is -3.65. The molecule has 0 spiro atoms. The molecule has 0 aliphatic carbocycles. The summed E-state index contributed by atoms with van der Waals surface area (Å²) in [6, 6.07) is 9.48. The first-order valence-electron chi connectivity index (χ1n) is 9.89. The highest BCUT2D eigenvalue weighted by molar-refractivity contribution is 6.31. The Kier molecular flexibility index (Phi) is 6.24. The molecule has 1 amide bonds. The molecule has 0 saturated carbocycles. The molecular weight excluding hydrogens is 456 g/mol.